The van der Waals surface area contributed by atoms with E-state index in [1.54, 1.807) is 18.2 Å². The predicted molar refractivity (Wildman–Crippen MR) is 88.8 cm³/mol. The lowest BCUT2D eigenvalue weighted by atomic mass is 10.2. The van der Waals surface area contributed by atoms with Crippen molar-refractivity contribution < 1.29 is 19.1 Å². The Bertz CT molecular complexity index is 926. The van der Waals surface area contributed by atoms with Crippen LogP contribution in [-0.4, -0.2) is 32.7 Å². The number of aromatic amines is 1. The number of carboxylic acids is 1. The molecule has 0 aliphatic rings. The molecule has 0 bridgehead atoms. The summed E-state index contributed by atoms with van der Waals surface area (Å²) in [6.45, 7) is 0. The van der Waals surface area contributed by atoms with Crippen LogP contribution in [0.5, 0.6) is 0 Å². The number of carboxylic acid groups (broad SMARTS) is 1. The molecule has 122 valence electrons. The molecule has 24 heavy (non-hydrogen) atoms. The molecule has 1 heterocycles. The Morgan fingerprint density at radius 1 is 1.25 bits per heavy atom. The number of hydrogen-bond acceptors (Lipinski definition) is 4. The summed E-state index contributed by atoms with van der Waals surface area (Å²) in [6, 6.07) is 10.5. The molecule has 1 aromatic heterocycles. The molecule has 0 radical (unpaired) electrons. The molecule has 3 rings (SSSR count). The maximum absolute atomic E-state index is 13.5. The number of nitrogens with one attached hydrogen (secondary N) is 2. The fourth-order valence-corrected chi connectivity index (χ4v) is 2.76. The van der Waals surface area contributed by atoms with Gasteiger partial charge >= 0.3 is 5.97 Å². The second-order valence-corrected chi connectivity index (χ2v) is 5.86. The fourth-order valence-electron chi connectivity index (χ4n) is 2.07. The second-order valence-electron chi connectivity index (χ2n) is 4.90. The van der Waals surface area contributed by atoms with E-state index in [1.807, 2.05) is 0 Å². The van der Waals surface area contributed by atoms with Crippen molar-refractivity contribution in [3.63, 3.8) is 0 Å². The summed E-state index contributed by atoms with van der Waals surface area (Å²) in [7, 11) is 0. The van der Waals surface area contributed by atoms with Crippen molar-refractivity contribution in [2.45, 2.75) is 5.16 Å². The van der Waals surface area contributed by atoms with Crippen LogP contribution >= 0.6 is 11.8 Å². The van der Waals surface area contributed by atoms with E-state index < -0.39 is 11.8 Å². The fraction of sp³-hybridized carbons (Fsp3) is 0.0625. The molecule has 0 saturated carbocycles. The zero-order chi connectivity index (χ0) is 17.1. The number of carbonyl (C=O) groups excluding carboxylic acids is 1. The van der Waals surface area contributed by atoms with Crippen LogP contribution in [0.4, 0.5) is 10.1 Å². The highest BCUT2D eigenvalue weighted by Gasteiger charge is 2.11. The summed E-state index contributed by atoms with van der Waals surface area (Å²) in [5.74, 6) is -1.84. The molecule has 0 fully saturated rings. The molecule has 0 unspecified atom stereocenters. The number of thioether (sulfide) groups is 1. The Labute approximate surface area is 140 Å². The number of amides is 1. The summed E-state index contributed by atoms with van der Waals surface area (Å²) in [5.41, 5.74) is 1.46. The minimum absolute atomic E-state index is 0.0416. The van der Waals surface area contributed by atoms with Crippen LogP contribution in [0.3, 0.4) is 0 Å². The normalized spacial score (nSPS) is 10.7. The third-order valence-corrected chi connectivity index (χ3v) is 4.07. The third-order valence-electron chi connectivity index (χ3n) is 3.20. The number of anilines is 1. The van der Waals surface area contributed by atoms with Gasteiger partial charge < -0.3 is 15.4 Å². The van der Waals surface area contributed by atoms with Crippen LogP contribution in [0.1, 0.15) is 10.4 Å². The minimum atomic E-state index is -1.02. The van der Waals surface area contributed by atoms with Gasteiger partial charge in [-0.2, -0.15) is 0 Å². The first kappa shape index (κ1) is 16.0. The average molecular weight is 345 g/mol. The first-order chi connectivity index (χ1) is 11.5. The van der Waals surface area contributed by atoms with Crippen molar-refractivity contribution in [2.24, 2.45) is 0 Å². The molecule has 6 nitrogen and oxygen atoms in total. The van der Waals surface area contributed by atoms with E-state index in [9.17, 15) is 14.0 Å². The molecular weight excluding hydrogens is 333 g/mol. The summed E-state index contributed by atoms with van der Waals surface area (Å²) >= 11 is 1.15. The maximum Gasteiger partial charge on any atom is 0.335 e. The van der Waals surface area contributed by atoms with E-state index in [0.29, 0.717) is 16.2 Å². The highest BCUT2D eigenvalue weighted by atomic mass is 32.2. The molecule has 3 aromatic rings. The van der Waals surface area contributed by atoms with E-state index in [2.05, 4.69) is 15.3 Å². The van der Waals surface area contributed by atoms with Gasteiger partial charge in [-0.15, -0.1) is 0 Å². The zero-order valence-electron chi connectivity index (χ0n) is 12.2. The van der Waals surface area contributed by atoms with Gasteiger partial charge in [-0.1, -0.05) is 23.9 Å². The number of fused-ring (bicyclic) bond motifs is 1. The highest BCUT2D eigenvalue weighted by Crippen LogP contribution is 2.21. The Morgan fingerprint density at radius 3 is 2.79 bits per heavy atom. The topological polar surface area (TPSA) is 95.1 Å². The number of nitrogens with zero attached hydrogens (tertiary/aromatic N) is 1. The molecule has 0 atom stereocenters. The Kier molecular flexibility index (Phi) is 4.48. The number of aromatic nitrogens is 2. The van der Waals surface area contributed by atoms with Gasteiger partial charge in [0.05, 0.1) is 28.0 Å². The van der Waals surface area contributed by atoms with Crippen molar-refractivity contribution in [1.29, 1.82) is 0 Å². The van der Waals surface area contributed by atoms with E-state index in [0.717, 1.165) is 11.8 Å². The first-order valence-corrected chi connectivity index (χ1v) is 7.92. The predicted octanol–water partition coefficient (Wildman–Crippen LogP) is 3.13. The number of para-hydroxylation sites is 1. The zero-order valence-corrected chi connectivity index (χ0v) is 13.1. The van der Waals surface area contributed by atoms with Crippen LogP contribution < -0.4 is 5.32 Å². The number of halogens is 1. The van der Waals surface area contributed by atoms with Gasteiger partial charge in [0.2, 0.25) is 5.91 Å². The summed E-state index contributed by atoms with van der Waals surface area (Å²) in [4.78, 5) is 30.0. The molecular formula is C16H12FN3O3S. The number of H-pyrrole nitrogens is 1. The maximum atomic E-state index is 13.5. The summed E-state index contributed by atoms with van der Waals surface area (Å²) in [6.07, 6.45) is 0. The van der Waals surface area contributed by atoms with Crippen LogP contribution in [0.25, 0.3) is 11.0 Å². The molecule has 0 spiro atoms. The van der Waals surface area contributed by atoms with Crippen molar-refractivity contribution in [3.05, 3.63) is 53.8 Å². The van der Waals surface area contributed by atoms with E-state index in [-0.39, 0.29) is 22.9 Å². The number of carbonyl (C=O) groups is 2. The molecule has 0 saturated heterocycles. The van der Waals surface area contributed by atoms with Crippen molar-refractivity contribution in [3.8, 4) is 0 Å². The lowest BCUT2D eigenvalue weighted by Gasteiger charge is -2.04. The van der Waals surface area contributed by atoms with Gasteiger partial charge in [0, 0.05) is 0 Å². The number of aromatic carboxylic acids is 1. The van der Waals surface area contributed by atoms with Gasteiger partial charge in [-0.05, 0) is 30.3 Å². The van der Waals surface area contributed by atoms with Gasteiger partial charge in [0.25, 0.3) is 0 Å². The largest absolute Gasteiger partial charge is 0.478 e. The molecule has 8 heteroatoms. The van der Waals surface area contributed by atoms with Crippen LogP contribution in [0, 0.1) is 5.82 Å². The van der Waals surface area contributed by atoms with E-state index in [1.165, 1.54) is 24.3 Å². The quantitative estimate of drug-likeness (QED) is 0.618. The van der Waals surface area contributed by atoms with E-state index in [4.69, 9.17) is 5.11 Å². The Morgan fingerprint density at radius 2 is 2.04 bits per heavy atom. The number of benzene rings is 2. The van der Waals surface area contributed by atoms with Crippen molar-refractivity contribution >= 4 is 40.4 Å². The Hall–Kier alpha value is -2.87. The summed E-state index contributed by atoms with van der Waals surface area (Å²) < 4.78 is 13.5. The Balaban J connectivity index is 1.66. The van der Waals surface area contributed by atoms with Gasteiger partial charge in [0.15, 0.2) is 5.16 Å². The number of imidazole rings is 1. The monoisotopic (exact) mass is 345 g/mol. The molecule has 0 aliphatic carbocycles. The molecule has 0 aliphatic heterocycles. The number of rotatable bonds is 5. The van der Waals surface area contributed by atoms with Crippen molar-refractivity contribution in [1.82, 2.24) is 9.97 Å². The summed E-state index contributed by atoms with van der Waals surface area (Å²) in [5, 5.41) is 11.9. The lowest BCUT2D eigenvalue weighted by Crippen LogP contribution is -2.15. The highest BCUT2D eigenvalue weighted by molar-refractivity contribution is 7.99. The molecule has 3 N–H and O–H groups in total. The first-order valence-electron chi connectivity index (χ1n) is 6.93. The van der Waals surface area contributed by atoms with Crippen molar-refractivity contribution in [2.75, 3.05) is 11.1 Å². The van der Waals surface area contributed by atoms with Gasteiger partial charge in [0.1, 0.15) is 5.82 Å². The van der Waals surface area contributed by atoms with E-state index >= 15 is 0 Å². The SMILES string of the molecule is O=C(CSc1nc2ccc(C(=O)O)cc2[nH]1)Nc1ccccc1F. The van der Waals surface area contributed by atoms with Gasteiger partial charge in [-0.25, -0.2) is 14.2 Å². The van der Waals surface area contributed by atoms with Gasteiger partial charge in [-0.3, -0.25) is 4.79 Å². The lowest BCUT2D eigenvalue weighted by molar-refractivity contribution is -0.113. The standard InChI is InChI=1S/C16H12FN3O3S/c17-10-3-1-2-4-11(10)18-14(21)8-24-16-19-12-6-5-9(15(22)23)7-13(12)20-16/h1-7H,8H2,(H,18,21)(H,19,20)(H,22,23). The molecule has 1 amide bonds. The average Bonchev–Trinajstić information content (AvgIpc) is 2.97. The number of hydrogen-bond donors (Lipinski definition) is 3. The molecule has 2 aromatic carbocycles. The second kappa shape index (κ2) is 6.71. The smallest absolute Gasteiger partial charge is 0.335 e. The van der Waals surface area contributed by atoms with Crippen LogP contribution in [0.15, 0.2) is 47.6 Å². The third kappa shape index (κ3) is 3.54. The minimum Gasteiger partial charge on any atom is -0.478 e. The van der Waals surface area contributed by atoms with Crippen LogP contribution in [0.2, 0.25) is 0 Å². The van der Waals surface area contributed by atoms with Crippen LogP contribution in [-0.2, 0) is 4.79 Å².